The first-order valence-electron chi connectivity index (χ1n) is 11.4. The summed E-state index contributed by atoms with van der Waals surface area (Å²) >= 11 is 0. The van der Waals surface area contributed by atoms with Crippen molar-refractivity contribution in [3.63, 3.8) is 0 Å². The molecule has 0 fully saturated rings. The molecule has 11 heteroatoms. The molecule has 0 unspecified atom stereocenters. The number of fused-ring (bicyclic) bond motifs is 3. The van der Waals surface area contributed by atoms with Gasteiger partial charge < -0.3 is 28.1 Å². The maximum atomic E-state index is 10.7. The maximum absolute atomic E-state index is 10.7. The van der Waals surface area contributed by atoms with E-state index >= 15 is 0 Å². The molecule has 0 amide bonds. The zero-order valence-electron chi connectivity index (χ0n) is 21.8. The van der Waals surface area contributed by atoms with Gasteiger partial charge in [0.25, 0.3) is 11.4 Å². The SMILES string of the molecule is C.Cc1c[nH]c2cc(N)ccc12.Cc1c[nH]c2cc([N+](=O)[O-])ccc12.Cc1c[nH]c2cccc([N+](=O)[O-])c12.[CH3-].[Pd]. The summed E-state index contributed by atoms with van der Waals surface area (Å²) in [6.45, 7) is 5.89. The summed E-state index contributed by atoms with van der Waals surface area (Å²) in [4.78, 5) is 29.5. The molecule has 40 heavy (non-hydrogen) atoms. The maximum Gasteiger partial charge on any atom is 0.279 e. The van der Waals surface area contributed by atoms with E-state index in [1.165, 1.54) is 23.1 Å². The Labute approximate surface area is 245 Å². The Hall–Kier alpha value is -4.46. The van der Waals surface area contributed by atoms with E-state index in [0.29, 0.717) is 5.39 Å². The van der Waals surface area contributed by atoms with Crippen molar-refractivity contribution in [1.82, 2.24) is 15.0 Å². The van der Waals surface area contributed by atoms with Gasteiger partial charge in [0.15, 0.2) is 0 Å². The third-order valence-electron chi connectivity index (χ3n) is 6.07. The van der Waals surface area contributed by atoms with E-state index in [1.807, 2.05) is 50.5 Å². The monoisotopic (exact) mass is 635 g/mol. The number of rotatable bonds is 2. The first-order chi connectivity index (χ1) is 17.7. The molecule has 0 aliphatic carbocycles. The number of aromatic nitrogens is 3. The van der Waals surface area contributed by atoms with Crippen molar-refractivity contribution in [3.05, 3.63) is 118 Å². The Kier molecular flexibility index (Phi) is 11.8. The molecule has 3 aromatic carbocycles. The van der Waals surface area contributed by atoms with Crippen LogP contribution in [0.25, 0.3) is 32.7 Å². The molecule has 0 spiro atoms. The summed E-state index contributed by atoms with van der Waals surface area (Å²) in [5.74, 6) is 0. The number of benzene rings is 3. The number of nitrogen functional groups attached to an aromatic ring is 1. The van der Waals surface area contributed by atoms with Gasteiger partial charge in [0.05, 0.1) is 26.3 Å². The first kappa shape index (κ1) is 33.6. The second kappa shape index (κ2) is 14.1. The third-order valence-corrected chi connectivity index (χ3v) is 6.07. The molecule has 0 bridgehead atoms. The van der Waals surface area contributed by atoms with Gasteiger partial charge in [-0.25, -0.2) is 0 Å². The van der Waals surface area contributed by atoms with Gasteiger partial charge in [-0.15, -0.1) is 0 Å². The van der Waals surface area contributed by atoms with Gasteiger partial charge in [-0.1, -0.05) is 19.6 Å². The van der Waals surface area contributed by atoms with Crippen molar-refractivity contribution in [2.45, 2.75) is 28.2 Å². The normalized spacial score (nSPS) is 9.78. The number of nitrogens with one attached hydrogen (secondary N) is 3. The molecule has 6 aromatic rings. The summed E-state index contributed by atoms with van der Waals surface area (Å²) < 4.78 is 0. The van der Waals surface area contributed by atoms with Crippen molar-refractivity contribution in [1.29, 1.82) is 0 Å². The molecule has 0 aliphatic heterocycles. The fourth-order valence-electron chi connectivity index (χ4n) is 4.15. The average Bonchev–Trinajstić information content (AvgIpc) is 3.56. The summed E-state index contributed by atoms with van der Waals surface area (Å²) in [5.41, 5.74) is 12.7. The van der Waals surface area contributed by atoms with Crippen LogP contribution in [0.2, 0.25) is 0 Å². The zero-order valence-corrected chi connectivity index (χ0v) is 23.4. The van der Waals surface area contributed by atoms with Crippen LogP contribution in [0, 0.1) is 48.4 Å². The molecule has 3 heterocycles. The number of nitro benzene ring substituents is 2. The summed E-state index contributed by atoms with van der Waals surface area (Å²) in [5, 5.41) is 24.1. The Morgan fingerprint density at radius 2 is 1.23 bits per heavy atom. The number of anilines is 1. The van der Waals surface area contributed by atoms with Crippen LogP contribution >= 0.6 is 0 Å². The molecule has 3 aromatic heterocycles. The number of hydrogen-bond donors (Lipinski definition) is 4. The Morgan fingerprint density at radius 3 is 1.80 bits per heavy atom. The second-order valence-corrected chi connectivity index (χ2v) is 8.66. The van der Waals surface area contributed by atoms with Gasteiger partial charge in [0, 0.05) is 79.2 Å². The van der Waals surface area contributed by atoms with Crippen molar-refractivity contribution < 1.29 is 30.3 Å². The van der Waals surface area contributed by atoms with Crippen molar-refractivity contribution in [3.8, 4) is 0 Å². The molecular weight excluding hydrogens is 603 g/mol. The average molecular weight is 636 g/mol. The van der Waals surface area contributed by atoms with Crippen LogP contribution in [-0.4, -0.2) is 24.8 Å². The fourth-order valence-corrected chi connectivity index (χ4v) is 4.15. The molecule has 0 atom stereocenters. The smallest absolute Gasteiger partial charge is 0.279 e. The molecule has 0 aliphatic rings. The second-order valence-electron chi connectivity index (χ2n) is 8.66. The van der Waals surface area contributed by atoms with Crippen LogP contribution in [0.15, 0.2) is 73.2 Å². The largest absolute Gasteiger partial charge is 0.399 e. The van der Waals surface area contributed by atoms with E-state index < -0.39 is 4.92 Å². The molecule has 0 saturated carbocycles. The number of non-ortho nitro benzene ring substituents is 2. The van der Waals surface area contributed by atoms with E-state index in [9.17, 15) is 20.2 Å². The van der Waals surface area contributed by atoms with E-state index in [0.717, 1.165) is 38.8 Å². The van der Waals surface area contributed by atoms with Crippen LogP contribution in [0.1, 0.15) is 24.1 Å². The minimum Gasteiger partial charge on any atom is -0.399 e. The Balaban J connectivity index is 0.000000290. The minimum atomic E-state index is -0.393. The number of nitrogens with two attached hydrogens (primary N) is 1. The fraction of sp³-hybridized carbons (Fsp3) is 0.138. The van der Waals surface area contributed by atoms with Crippen molar-refractivity contribution in [2.24, 2.45) is 0 Å². The zero-order chi connectivity index (χ0) is 26.7. The predicted molar refractivity (Wildman–Crippen MR) is 160 cm³/mol. The number of aromatic amines is 3. The topological polar surface area (TPSA) is 160 Å². The van der Waals surface area contributed by atoms with Gasteiger partial charge >= 0.3 is 0 Å². The van der Waals surface area contributed by atoms with Crippen LogP contribution < -0.4 is 5.73 Å². The number of aryl methyl sites for hydroxylation is 3. The molecule has 214 valence electrons. The number of hydrogen-bond acceptors (Lipinski definition) is 5. The molecule has 6 rings (SSSR count). The van der Waals surface area contributed by atoms with E-state index in [4.69, 9.17) is 5.73 Å². The van der Waals surface area contributed by atoms with Crippen molar-refractivity contribution in [2.75, 3.05) is 5.73 Å². The number of nitrogens with zero attached hydrogens (tertiary/aromatic N) is 2. The van der Waals surface area contributed by atoms with E-state index in [-0.39, 0.29) is 51.6 Å². The molecule has 10 nitrogen and oxygen atoms in total. The van der Waals surface area contributed by atoms with E-state index in [1.54, 1.807) is 24.4 Å². The number of H-pyrrole nitrogens is 3. The molecule has 5 N–H and O–H groups in total. The van der Waals surface area contributed by atoms with Gasteiger partial charge in [0.1, 0.15) is 0 Å². The Bertz CT molecular complexity index is 1750. The summed E-state index contributed by atoms with van der Waals surface area (Å²) in [6.07, 6.45) is 5.61. The van der Waals surface area contributed by atoms with Crippen LogP contribution in [0.5, 0.6) is 0 Å². The van der Waals surface area contributed by atoms with E-state index in [2.05, 4.69) is 21.9 Å². The predicted octanol–water partition coefficient (Wildman–Crippen LogP) is 7.91. The Morgan fingerprint density at radius 1 is 0.700 bits per heavy atom. The van der Waals surface area contributed by atoms with Crippen LogP contribution in [-0.2, 0) is 20.4 Å². The van der Waals surface area contributed by atoms with Gasteiger partial charge in [-0.2, -0.15) is 0 Å². The third kappa shape index (κ3) is 7.14. The minimum absolute atomic E-state index is 0. The van der Waals surface area contributed by atoms with Crippen LogP contribution in [0.3, 0.4) is 0 Å². The van der Waals surface area contributed by atoms with Crippen LogP contribution in [0.4, 0.5) is 17.1 Å². The van der Waals surface area contributed by atoms with Gasteiger partial charge in [0.2, 0.25) is 0 Å². The van der Waals surface area contributed by atoms with Gasteiger partial charge in [-0.3, -0.25) is 20.2 Å². The standard InChI is InChI=1S/2C9H8N2O2.C9H10N2.CH4.CH3.Pd/c1-6-5-10-9-4-7(11(12)13)2-3-8(6)9;1-6-5-10-7-3-2-4-8(9(6)7)11(12)13;1-6-5-11-9-4-7(10)2-3-8(6)9;;;/h2*2-5,10H,1H3;2-5,11H,10H2,1H3;1H4;1H3;/q;;;;-1;. The quantitative estimate of drug-likeness (QED) is 0.0499. The van der Waals surface area contributed by atoms with Gasteiger partial charge in [-0.05, 0) is 61.7 Å². The molecular formula is C29H33N6O4Pd-. The summed E-state index contributed by atoms with van der Waals surface area (Å²) in [7, 11) is 0. The molecule has 0 saturated heterocycles. The van der Waals surface area contributed by atoms with Crippen molar-refractivity contribution >= 4 is 49.8 Å². The summed E-state index contributed by atoms with van der Waals surface area (Å²) in [6, 6.07) is 15.8. The number of nitro groups is 2. The first-order valence-corrected chi connectivity index (χ1v) is 11.4. The molecule has 0 radical (unpaired) electrons.